The lowest BCUT2D eigenvalue weighted by Gasteiger charge is -2.35. The Hall–Kier alpha value is -4.15. The smallest absolute Gasteiger partial charge is 0.321 e. The van der Waals surface area contributed by atoms with Crippen LogP contribution in [0.3, 0.4) is 0 Å². The molecule has 10 nitrogen and oxygen atoms in total. The number of aryl methyl sites for hydroxylation is 3. The van der Waals surface area contributed by atoms with E-state index >= 15 is 0 Å². The number of amides is 3. The molecule has 3 atom stereocenters. The summed E-state index contributed by atoms with van der Waals surface area (Å²) < 4.78 is 13.7. The molecular formula is C32H39N5O5. The number of benzene rings is 2. The topological polar surface area (TPSA) is 113 Å². The predicted octanol–water partition coefficient (Wildman–Crippen LogP) is 4.97. The number of nitrogens with one attached hydrogen (secondary N) is 1. The molecule has 5 rings (SSSR count). The highest BCUT2D eigenvalue weighted by atomic mass is 16.5. The maximum absolute atomic E-state index is 14.5. The van der Waals surface area contributed by atoms with Crippen molar-refractivity contribution in [3.63, 3.8) is 0 Å². The minimum Gasteiger partial charge on any atom is -0.394 e. The number of urea groups is 1. The molecule has 3 amide bonds. The Morgan fingerprint density at radius 2 is 1.90 bits per heavy atom. The zero-order valence-corrected chi connectivity index (χ0v) is 25.0. The summed E-state index contributed by atoms with van der Waals surface area (Å²) in [5.74, 6) is 0.211. The molecule has 0 unspecified atom stereocenters. The van der Waals surface area contributed by atoms with Gasteiger partial charge in [0.2, 0.25) is 0 Å². The van der Waals surface area contributed by atoms with Gasteiger partial charge in [0.1, 0.15) is 17.1 Å². The number of hydrogen-bond acceptors (Lipinski definition) is 6. The van der Waals surface area contributed by atoms with Crippen molar-refractivity contribution in [1.29, 1.82) is 0 Å². The summed E-state index contributed by atoms with van der Waals surface area (Å²) in [6.45, 7) is 8.12. The molecule has 2 aromatic carbocycles. The second kappa shape index (κ2) is 12.0. The molecule has 3 heterocycles. The number of nitrogens with zero attached hydrogens (tertiary/aromatic N) is 4. The van der Waals surface area contributed by atoms with E-state index in [1.165, 1.54) is 0 Å². The van der Waals surface area contributed by atoms with Crippen LogP contribution >= 0.6 is 0 Å². The maximum atomic E-state index is 14.5. The number of ether oxygens (including phenoxy) is 1. The Labute approximate surface area is 245 Å². The van der Waals surface area contributed by atoms with Gasteiger partial charge >= 0.3 is 6.03 Å². The summed E-state index contributed by atoms with van der Waals surface area (Å²) in [4.78, 5) is 30.9. The molecular weight excluding hydrogens is 534 g/mol. The molecule has 0 fully saturated rings. The van der Waals surface area contributed by atoms with Crippen LogP contribution in [0.4, 0.5) is 10.5 Å². The number of carbonyl (C=O) groups excluding carboxylic acids is 2. The van der Waals surface area contributed by atoms with E-state index in [1.54, 1.807) is 30.7 Å². The molecule has 0 saturated carbocycles. The van der Waals surface area contributed by atoms with E-state index in [-0.39, 0.29) is 31.0 Å². The molecule has 0 aliphatic carbocycles. The number of likely N-dealkylation sites (N-methyl/N-ethyl adjacent to an activating group) is 1. The van der Waals surface area contributed by atoms with Crippen LogP contribution < -0.4 is 5.32 Å². The number of aliphatic hydroxyl groups excluding tert-OH is 1. The molecule has 222 valence electrons. The number of anilines is 1. The van der Waals surface area contributed by atoms with Crippen molar-refractivity contribution in [1.82, 2.24) is 19.5 Å². The van der Waals surface area contributed by atoms with Crippen molar-refractivity contribution in [3.8, 4) is 11.1 Å². The molecule has 10 heteroatoms. The fourth-order valence-electron chi connectivity index (χ4n) is 5.74. The van der Waals surface area contributed by atoms with Crippen LogP contribution in [0.5, 0.6) is 0 Å². The van der Waals surface area contributed by atoms with E-state index in [9.17, 15) is 14.7 Å². The Bertz CT molecular complexity index is 1590. The summed E-state index contributed by atoms with van der Waals surface area (Å²) in [7, 11) is 3.63. The van der Waals surface area contributed by atoms with Crippen LogP contribution in [0.15, 0.2) is 53.1 Å². The van der Waals surface area contributed by atoms with Gasteiger partial charge in [-0.15, -0.1) is 0 Å². The van der Waals surface area contributed by atoms with Crippen molar-refractivity contribution in [2.45, 2.75) is 46.4 Å². The lowest BCUT2D eigenvalue weighted by atomic mass is 9.96. The first-order valence-corrected chi connectivity index (χ1v) is 14.3. The molecule has 0 saturated heterocycles. The van der Waals surface area contributed by atoms with Crippen molar-refractivity contribution < 1.29 is 24.0 Å². The Kier molecular flexibility index (Phi) is 8.38. The summed E-state index contributed by atoms with van der Waals surface area (Å²) >= 11 is 0. The maximum Gasteiger partial charge on any atom is 0.321 e. The van der Waals surface area contributed by atoms with Crippen molar-refractivity contribution in [2.24, 2.45) is 13.0 Å². The Morgan fingerprint density at radius 3 is 2.62 bits per heavy atom. The normalized spacial score (nSPS) is 18.3. The van der Waals surface area contributed by atoms with E-state index in [0.29, 0.717) is 36.0 Å². The summed E-state index contributed by atoms with van der Waals surface area (Å²) in [5, 5.41) is 18.0. The molecule has 0 radical (unpaired) electrons. The van der Waals surface area contributed by atoms with Crippen LogP contribution in [0.2, 0.25) is 0 Å². The number of fused-ring (bicyclic) bond motifs is 5. The average molecular weight is 574 g/mol. The van der Waals surface area contributed by atoms with E-state index in [4.69, 9.17) is 9.26 Å². The van der Waals surface area contributed by atoms with E-state index < -0.39 is 12.1 Å². The van der Waals surface area contributed by atoms with Gasteiger partial charge < -0.3 is 34.1 Å². The summed E-state index contributed by atoms with van der Waals surface area (Å²) in [6.07, 6.45) is -0.405. The molecule has 0 spiro atoms. The van der Waals surface area contributed by atoms with Gasteiger partial charge in [-0.3, -0.25) is 4.79 Å². The van der Waals surface area contributed by atoms with Crippen LogP contribution in [-0.4, -0.2) is 75.5 Å². The van der Waals surface area contributed by atoms with Gasteiger partial charge in [-0.25, -0.2) is 4.79 Å². The first kappa shape index (κ1) is 29.3. The predicted molar refractivity (Wildman–Crippen MR) is 161 cm³/mol. The number of para-hydroxylation sites is 1. The minimum atomic E-state index is -0.428. The van der Waals surface area contributed by atoms with Gasteiger partial charge in [0.25, 0.3) is 5.91 Å². The summed E-state index contributed by atoms with van der Waals surface area (Å²) in [6, 6.07) is 15.2. The number of aromatic nitrogens is 2. The number of carbonyl (C=O) groups is 2. The quantitative estimate of drug-likeness (QED) is 0.349. The second-order valence-electron chi connectivity index (χ2n) is 11.3. The van der Waals surface area contributed by atoms with Gasteiger partial charge in [0.15, 0.2) is 5.76 Å². The van der Waals surface area contributed by atoms with Crippen LogP contribution in [-0.2, 0) is 18.4 Å². The van der Waals surface area contributed by atoms with Gasteiger partial charge in [-0.05, 0) is 38.0 Å². The highest BCUT2D eigenvalue weighted by Crippen LogP contribution is 2.38. The van der Waals surface area contributed by atoms with Gasteiger partial charge in [0, 0.05) is 49.6 Å². The molecule has 2 N–H and O–H groups in total. The molecule has 42 heavy (non-hydrogen) atoms. The van der Waals surface area contributed by atoms with Crippen molar-refractivity contribution in [2.75, 3.05) is 32.1 Å². The molecule has 1 aliphatic heterocycles. The summed E-state index contributed by atoms with van der Waals surface area (Å²) in [5.41, 5.74) is 5.41. The fourth-order valence-corrected chi connectivity index (χ4v) is 5.74. The van der Waals surface area contributed by atoms with E-state index in [2.05, 4.69) is 10.5 Å². The zero-order valence-electron chi connectivity index (χ0n) is 25.0. The largest absolute Gasteiger partial charge is 0.394 e. The second-order valence-corrected chi connectivity index (χ2v) is 11.3. The first-order valence-electron chi connectivity index (χ1n) is 14.3. The number of aliphatic hydroxyl groups is 1. The molecule has 1 aliphatic rings. The fraction of sp³-hybridized carbons (Fsp3) is 0.406. The lowest BCUT2D eigenvalue weighted by molar-refractivity contribution is -0.0179. The zero-order chi connectivity index (χ0) is 30.1. The lowest BCUT2D eigenvalue weighted by Crippen LogP contribution is -2.48. The SMILES string of the molecule is Cc1noc(C)c1NC(=O)N(C)C[C@H]1OCc2ccccc2-c2c(n(C)c3ccccc23)C(=O)N([C@@H](C)CO)C[C@@H]1C. The third kappa shape index (κ3) is 5.39. The monoisotopic (exact) mass is 573 g/mol. The highest BCUT2D eigenvalue weighted by molar-refractivity contribution is 6.10. The Morgan fingerprint density at radius 1 is 1.19 bits per heavy atom. The standard InChI is InChI=1S/C32H39N5O5/c1-19-15-37(20(2)17-38)31(39)30-28(25-13-9-10-14-26(25)36(30)6)24-12-8-7-11-23(24)18-41-27(19)16-35(5)32(40)33-29-21(3)34-42-22(29)4/h7-14,19-20,27,38H,15-18H2,1-6H3,(H,33,40)/t19-,20-,27+/m0/s1. The van der Waals surface area contributed by atoms with E-state index in [1.807, 2.05) is 74.0 Å². The molecule has 2 aromatic heterocycles. The highest BCUT2D eigenvalue weighted by Gasteiger charge is 2.34. The average Bonchev–Trinajstić information content (AvgIpc) is 3.47. The van der Waals surface area contributed by atoms with Gasteiger partial charge in [-0.2, -0.15) is 0 Å². The van der Waals surface area contributed by atoms with Crippen LogP contribution in [0.25, 0.3) is 22.0 Å². The van der Waals surface area contributed by atoms with Gasteiger partial charge in [-0.1, -0.05) is 54.5 Å². The number of rotatable bonds is 5. The Balaban J connectivity index is 1.54. The van der Waals surface area contributed by atoms with E-state index in [0.717, 1.165) is 27.6 Å². The molecule has 0 bridgehead atoms. The minimum absolute atomic E-state index is 0.156. The molecule has 4 aromatic rings. The van der Waals surface area contributed by atoms with Gasteiger partial charge in [0.05, 0.1) is 25.4 Å². The van der Waals surface area contributed by atoms with Crippen LogP contribution in [0, 0.1) is 19.8 Å². The van der Waals surface area contributed by atoms with Crippen molar-refractivity contribution >= 4 is 28.5 Å². The third-order valence-electron chi connectivity index (χ3n) is 8.29. The first-order chi connectivity index (χ1) is 20.1. The third-order valence-corrected chi connectivity index (χ3v) is 8.29. The van der Waals surface area contributed by atoms with Crippen LogP contribution in [0.1, 0.15) is 41.4 Å². The van der Waals surface area contributed by atoms with Crippen molar-refractivity contribution in [3.05, 3.63) is 71.2 Å². The number of hydrogen-bond donors (Lipinski definition) is 2.